The van der Waals surface area contributed by atoms with E-state index in [1.807, 2.05) is 0 Å². The summed E-state index contributed by atoms with van der Waals surface area (Å²) in [6.07, 6.45) is 5.30. The second kappa shape index (κ2) is 6.72. The number of nitrogens with zero attached hydrogens (tertiary/aromatic N) is 1. The lowest BCUT2D eigenvalue weighted by Crippen LogP contribution is -2.49. The molecule has 7 nitrogen and oxygen atoms in total. The molecule has 1 saturated heterocycles. The minimum Gasteiger partial charge on any atom is -0.481 e. The monoisotopic (exact) mass is 302 g/mol. The molecule has 0 aromatic heterocycles. The Labute approximate surface area is 118 Å². The van der Waals surface area contributed by atoms with E-state index in [1.54, 1.807) is 0 Å². The maximum absolute atomic E-state index is 12.2. The van der Waals surface area contributed by atoms with Crippen LogP contribution in [0.25, 0.3) is 0 Å². The predicted octanol–water partition coefficient (Wildman–Crippen LogP) is -1.17. The van der Waals surface area contributed by atoms with Gasteiger partial charge in [-0.05, 0) is 12.8 Å². The van der Waals surface area contributed by atoms with Crippen LogP contribution in [0, 0.1) is 12.3 Å². The molecule has 0 spiro atoms. The Morgan fingerprint density at radius 3 is 2.60 bits per heavy atom. The number of aliphatic carboxylic acids is 1. The van der Waals surface area contributed by atoms with Crippen LogP contribution < -0.4 is 5.73 Å². The summed E-state index contributed by atoms with van der Waals surface area (Å²) < 4.78 is 22.9. The molecule has 2 unspecified atom stereocenters. The molecule has 0 aromatic rings. The number of carbonyl (C=O) groups is 2. The topological polar surface area (TPSA) is 118 Å². The Kier molecular flexibility index (Phi) is 5.53. The number of carbonyl (C=O) groups excluding carboxylic acids is 1. The van der Waals surface area contributed by atoms with Crippen LogP contribution in [0.2, 0.25) is 0 Å². The predicted molar refractivity (Wildman–Crippen MR) is 72.5 cm³/mol. The molecule has 20 heavy (non-hydrogen) atoms. The molecule has 112 valence electrons. The normalized spacial score (nSPS) is 21.9. The van der Waals surface area contributed by atoms with Gasteiger partial charge in [0.1, 0.15) is 0 Å². The van der Waals surface area contributed by atoms with E-state index in [0.29, 0.717) is 6.42 Å². The van der Waals surface area contributed by atoms with Crippen molar-refractivity contribution in [2.24, 2.45) is 5.73 Å². The number of rotatable bonds is 6. The van der Waals surface area contributed by atoms with Gasteiger partial charge >= 0.3 is 5.97 Å². The molecule has 0 radical (unpaired) electrons. The summed E-state index contributed by atoms with van der Waals surface area (Å²) in [6, 6.07) is -1.46. The Balaban J connectivity index is 2.73. The molecule has 2 atom stereocenters. The number of carboxylic acids is 1. The molecule has 1 amide bonds. The van der Waals surface area contributed by atoms with Gasteiger partial charge in [0.15, 0.2) is 9.84 Å². The Bertz CT molecular complexity index is 522. The average Bonchev–Trinajstić information content (AvgIpc) is 2.72. The van der Waals surface area contributed by atoms with Gasteiger partial charge in [-0.25, -0.2) is 8.42 Å². The molecule has 1 rings (SSSR count). The highest BCUT2D eigenvalue weighted by molar-refractivity contribution is 7.91. The number of terminal acetylenes is 1. The summed E-state index contributed by atoms with van der Waals surface area (Å²) in [5.41, 5.74) is 5.66. The van der Waals surface area contributed by atoms with Gasteiger partial charge in [-0.2, -0.15) is 0 Å². The molecular weight excluding hydrogens is 284 g/mol. The van der Waals surface area contributed by atoms with E-state index in [-0.39, 0.29) is 30.9 Å². The highest BCUT2D eigenvalue weighted by Gasteiger charge is 2.35. The highest BCUT2D eigenvalue weighted by Crippen LogP contribution is 2.18. The fraction of sp³-hybridized carbons (Fsp3) is 0.667. The van der Waals surface area contributed by atoms with E-state index >= 15 is 0 Å². The summed E-state index contributed by atoms with van der Waals surface area (Å²) in [6.45, 7) is -0.0280. The molecule has 3 N–H and O–H groups in total. The zero-order valence-electron chi connectivity index (χ0n) is 11.0. The summed E-state index contributed by atoms with van der Waals surface area (Å²) in [4.78, 5) is 23.9. The largest absolute Gasteiger partial charge is 0.481 e. The zero-order valence-corrected chi connectivity index (χ0v) is 11.8. The van der Waals surface area contributed by atoms with E-state index in [4.69, 9.17) is 17.3 Å². The van der Waals surface area contributed by atoms with Crippen LogP contribution in [0.1, 0.15) is 19.3 Å². The van der Waals surface area contributed by atoms with Crippen molar-refractivity contribution >= 4 is 21.7 Å². The molecule has 1 aliphatic rings. The minimum atomic E-state index is -3.14. The third-order valence-electron chi connectivity index (χ3n) is 3.18. The fourth-order valence-corrected chi connectivity index (χ4v) is 3.85. The van der Waals surface area contributed by atoms with Crippen LogP contribution in [-0.4, -0.2) is 60.4 Å². The van der Waals surface area contributed by atoms with Crippen molar-refractivity contribution in [1.82, 2.24) is 4.90 Å². The van der Waals surface area contributed by atoms with Crippen molar-refractivity contribution in [1.29, 1.82) is 0 Å². The highest BCUT2D eigenvalue weighted by atomic mass is 32.2. The first-order valence-corrected chi connectivity index (χ1v) is 8.00. The summed E-state index contributed by atoms with van der Waals surface area (Å²) in [5.74, 6) is 0.681. The van der Waals surface area contributed by atoms with Gasteiger partial charge in [0, 0.05) is 12.5 Å². The summed E-state index contributed by atoms with van der Waals surface area (Å²) in [7, 11) is -3.14. The molecule has 8 heteroatoms. The van der Waals surface area contributed by atoms with Gasteiger partial charge < -0.3 is 15.7 Å². The standard InChI is InChI=1S/C12H18N2O5S/c1-2-6-14(9-5-7-20(18,19)8-9)12(17)10(13)3-4-11(15)16/h1,9-10H,3-8,13H2,(H,15,16). The van der Waals surface area contributed by atoms with Gasteiger partial charge in [0.2, 0.25) is 5.91 Å². The SMILES string of the molecule is C#CCN(C(=O)C(N)CCC(=O)O)C1CCS(=O)(=O)C1. The number of sulfone groups is 1. The number of hydrogen-bond donors (Lipinski definition) is 2. The third kappa shape index (κ3) is 4.51. The molecule has 1 fully saturated rings. The van der Waals surface area contributed by atoms with Gasteiger partial charge in [-0.15, -0.1) is 6.42 Å². The number of carboxylic acid groups (broad SMARTS) is 1. The first-order valence-electron chi connectivity index (χ1n) is 6.18. The Morgan fingerprint density at radius 2 is 2.15 bits per heavy atom. The van der Waals surface area contributed by atoms with E-state index < -0.39 is 33.8 Å². The van der Waals surface area contributed by atoms with Crippen LogP contribution in [-0.2, 0) is 19.4 Å². The summed E-state index contributed by atoms with van der Waals surface area (Å²) >= 11 is 0. The Morgan fingerprint density at radius 1 is 1.50 bits per heavy atom. The second-order valence-corrected chi connectivity index (χ2v) is 6.99. The lowest BCUT2D eigenvalue weighted by atomic mass is 10.1. The molecule has 0 saturated carbocycles. The zero-order chi connectivity index (χ0) is 15.3. The molecule has 0 aliphatic carbocycles. The number of amides is 1. The Hall–Kier alpha value is -1.59. The van der Waals surface area contributed by atoms with E-state index in [1.165, 1.54) is 4.90 Å². The first-order chi connectivity index (χ1) is 9.26. The van der Waals surface area contributed by atoms with Gasteiger partial charge in [0.05, 0.1) is 24.1 Å². The van der Waals surface area contributed by atoms with Crippen LogP contribution >= 0.6 is 0 Å². The fourth-order valence-electron chi connectivity index (χ4n) is 2.12. The van der Waals surface area contributed by atoms with Crippen molar-refractivity contribution in [2.45, 2.75) is 31.3 Å². The second-order valence-electron chi connectivity index (χ2n) is 4.77. The van der Waals surface area contributed by atoms with Crippen LogP contribution in [0.3, 0.4) is 0 Å². The van der Waals surface area contributed by atoms with E-state index in [2.05, 4.69) is 5.92 Å². The van der Waals surface area contributed by atoms with E-state index in [9.17, 15) is 18.0 Å². The van der Waals surface area contributed by atoms with Crippen LogP contribution in [0.4, 0.5) is 0 Å². The van der Waals surface area contributed by atoms with Gasteiger partial charge in [-0.1, -0.05) is 5.92 Å². The molecule has 0 bridgehead atoms. The van der Waals surface area contributed by atoms with Crippen molar-refractivity contribution < 1.29 is 23.1 Å². The van der Waals surface area contributed by atoms with Crippen molar-refractivity contribution in [3.63, 3.8) is 0 Å². The van der Waals surface area contributed by atoms with Crippen molar-refractivity contribution in [3.05, 3.63) is 0 Å². The lowest BCUT2D eigenvalue weighted by Gasteiger charge is -2.28. The third-order valence-corrected chi connectivity index (χ3v) is 4.93. The van der Waals surface area contributed by atoms with Crippen LogP contribution in [0.15, 0.2) is 0 Å². The molecular formula is C12H18N2O5S. The molecule has 0 aromatic carbocycles. The minimum absolute atomic E-state index is 0.00525. The maximum Gasteiger partial charge on any atom is 0.303 e. The lowest BCUT2D eigenvalue weighted by molar-refractivity contribution is -0.138. The van der Waals surface area contributed by atoms with E-state index in [0.717, 1.165) is 0 Å². The first kappa shape index (κ1) is 16.5. The summed E-state index contributed by atoms with van der Waals surface area (Å²) in [5, 5.41) is 8.57. The van der Waals surface area contributed by atoms with Crippen molar-refractivity contribution in [2.75, 3.05) is 18.1 Å². The maximum atomic E-state index is 12.2. The molecule has 1 aliphatic heterocycles. The van der Waals surface area contributed by atoms with Gasteiger partial charge in [0.25, 0.3) is 0 Å². The van der Waals surface area contributed by atoms with Crippen LogP contribution in [0.5, 0.6) is 0 Å². The van der Waals surface area contributed by atoms with Gasteiger partial charge in [-0.3, -0.25) is 9.59 Å². The number of nitrogens with two attached hydrogens (primary N) is 1. The molecule has 1 heterocycles. The number of hydrogen-bond acceptors (Lipinski definition) is 5. The quantitative estimate of drug-likeness (QED) is 0.597. The van der Waals surface area contributed by atoms with Crippen molar-refractivity contribution in [3.8, 4) is 12.3 Å². The average molecular weight is 302 g/mol. The smallest absolute Gasteiger partial charge is 0.303 e.